The molecule has 0 aromatic heterocycles. The lowest BCUT2D eigenvalue weighted by atomic mass is 9.95. The summed E-state index contributed by atoms with van der Waals surface area (Å²) in [6.07, 6.45) is -75.3. The minimum Gasteiger partial charge on any atom is -0.394 e. The Labute approximate surface area is 511 Å². The van der Waals surface area contributed by atoms with Crippen LogP contribution in [0.4, 0.5) is 0 Å². The number of rotatable bonds is 28. The van der Waals surface area contributed by atoms with Crippen molar-refractivity contribution in [2.24, 2.45) is 0 Å². The van der Waals surface area contributed by atoms with Crippen LogP contribution in [0.2, 0.25) is 0 Å². The highest BCUT2D eigenvalue weighted by Gasteiger charge is 2.60. The van der Waals surface area contributed by atoms with Crippen LogP contribution in [0.5, 0.6) is 0 Å². The predicted molar refractivity (Wildman–Crippen MR) is 262 cm³/mol. The zero-order valence-electron chi connectivity index (χ0n) is 44.8. The first-order chi connectivity index (χ1) is 41.7. The average Bonchev–Trinajstić information content (AvgIpc) is 0.824. The molecule has 6 fully saturated rings. The molecule has 30 atom stereocenters. The van der Waals surface area contributed by atoms with Gasteiger partial charge in [0.25, 0.3) is 0 Å². The standard InChI is InChI=1S/C36H62O49S6/c37-1-7-13(40)14(41)28(83-89(60,61)62)34(73-7)81-26-11(5-70-87(54,55)56)76-32(19(46)16(26)43)79-24-9(3-39)75-36(30(22(24)49)85-91(66,67)68)82-27-12(6-71-88(57,58)59)77-33(20(47)17(27)44)78-23-8(2-38)74-35(29(21(23)48)84-90(63,64)65)80-25-10(4-69-86(51,52)53)72-31(50)18(45)15(25)42/h7-50H,1-6H2,(H,51,52,53)(H,54,55,56)(H,57,58,59)(H,60,61,62)(H,63,64,65)(H,66,67,68)/t7-,8-,9-,10+,11+,12+,13+,14-,15+,16+,17+,18+,19+,20+,21-,22-,23+,24+,25+,26+,27+,28+,29+,30+,31+,32-,33-,34?,35?,36?/m0/s1. The molecule has 0 bridgehead atoms. The fourth-order valence-electron chi connectivity index (χ4n) is 9.63. The molecule has 6 saturated heterocycles. The van der Waals surface area contributed by atoms with Gasteiger partial charge in [-0.3, -0.25) is 27.3 Å². The van der Waals surface area contributed by atoms with E-state index in [-0.39, 0.29) is 0 Å². The number of aliphatic hydroxyl groups is 14. The van der Waals surface area contributed by atoms with Gasteiger partial charge in [0.05, 0.1) is 39.6 Å². The maximum atomic E-state index is 12.3. The SMILES string of the molecule is O=S(=O)(O)OC[C@H]1O[C@@H](O)[C@H](O)[C@@H](O)[C@@H]1OC1O[C@@H](CO)[C@@H](O[C@@H]2O[C@H](COS(=O)(=O)O)[C@@H](OC3O[C@@H](CO)[C@@H](O[C@@H]4O[C@H](COS(=O)(=O)O)[C@@H](OC5O[C@@H](CO)[C@@H](O)[C@H](O)[C@H]5OS(=O)(=O)O)[C@H](O)[C@H]4O)[C@H](O)[C@H]3OS(=O)(=O)O)[C@H](O)[C@H]2O)[C@H](O)[C@H]1OS(=O)(=O)O. The van der Waals surface area contributed by atoms with Crippen LogP contribution in [0.1, 0.15) is 0 Å². The first kappa shape index (κ1) is 78.2. The van der Waals surface area contributed by atoms with Crippen molar-refractivity contribution >= 4 is 62.4 Å². The van der Waals surface area contributed by atoms with Crippen molar-refractivity contribution in [1.82, 2.24) is 0 Å². The summed E-state index contributed by atoms with van der Waals surface area (Å²) in [6, 6.07) is 0. The van der Waals surface area contributed by atoms with Crippen molar-refractivity contribution in [3.8, 4) is 0 Å². The van der Waals surface area contributed by atoms with Gasteiger partial charge >= 0.3 is 62.4 Å². The minimum atomic E-state index is -5.97. The van der Waals surface area contributed by atoms with Crippen molar-refractivity contribution in [1.29, 1.82) is 0 Å². The number of hydrogen-bond acceptors (Lipinski definition) is 43. The Morgan fingerprint density at radius 2 is 0.495 bits per heavy atom. The van der Waals surface area contributed by atoms with Crippen LogP contribution in [0, 0.1) is 0 Å². The van der Waals surface area contributed by atoms with E-state index in [2.05, 4.69) is 25.1 Å². The van der Waals surface area contributed by atoms with Gasteiger partial charge in [-0.25, -0.2) is 25.1 Å². The molecular formula is C36H62O49S6. The van der Waals surface area contributed by atoms with E-state index in [1.165, 1.54) is 0 Å². The molecule has 0 amide bonds. The Balaban J connectivity index is 1.26. The molecule has 6 rings (SSSR count). The highest BCUT2D eigenvalue weighted by Crippen LogP contribution is 2.39. The zero-order valence-corrected chi connectivity index (χ0v) is 49.7. The van der Waals surface area contributed by atoms with Crippen molar-refractivity contribution < 1.29 is 227 Å². The average molecular weight is 1470 g/mol. The molecule has 6 aliphatic rings. The quantitative estimate of drug-likeness (QED) is 0.0324. The van der Waals surface area contributed by atoms with Crippen LogP contribution in [0.3, 0.4) is 0 Å². The van der Waals surface area contributed by atoms with E-state index in [0.717, 1.165) is 0 Å². The maximum absolute atomic E-state index is 12.3. The molecule has 20 N–H and O–H groups in total. The van der Waals surface area contributed by atoms with E-state index in [1.807, 2.05) is 0 Å². The molecule has 49 nitrogen and oxygen atoms in total. The molecule has 536 valence electrons. The zero-order chi connectivity index (χ0) is 68.6. The second-order valence-corrected chi connectivity index (χ2v) is 26.3. The Morgan fingerprint density at radius 1 is 0.253 bits per heavy atom. The molecule has 0 aromatic rings. The molecular weight excluding hydrogens is 1410 g/mol. The summed E-state index contributed by atoms with van der Waals surface area (Å²) in [6.45, 7) is -8.68. The number of hydrogen-bond donors (Lipinski definition) is 20. The van der Waals surface area contributed by atoms with Gasteiger partial charge in [0.1, 0.15) is 128 Å². The fourth-order valence-corrected chi connectivity index (χ4v) is 12.0. The topological polar surface area (TPSA) is 766 Å². The monoisotopic (exact) mass is 1470 g/mol. The lowest BCUT2D eigenvalue weighted by Gasteiger charge is -2.50. The fraction of sp³-hybridized carbons (Fsp3) is 1.00. The molecule has 6 heterocycles. The van der Waals surface area contributed by atoms with Crippen molar-refractivity contribution in [2.75, 3.05) is 39.6 Å². The van der Waals surface area contributed by atoms with Crippen molar-refractivity contribution in [3.63, 3.8) is 0 Å². The van der Waals surface area contributed by atoms with Crippen molar-refractivity contribution in [3.05, 3.63) is 0 Å². The molecule has 3 unspecified atom stereocenters. The first-order valence-corrected chi connectivity index (χ1v) is 33.3. The van der Waals surface area contributed by atoms with Gasteiger partial charge in [-0.1, -0.05) is 0 Å². The van der Waals surface area contributed by atoms with Gasteiger partial charge < -0.3 is 124 Å². The summed E-state index contributed by atoms with van der Waals surface area (Å²) >= 11 is 0. The van der Waals surface area contributed by atoms with E-state index >= 15 is 0 Å². The third-order valence-corrected chi connectivity index (χ3v) is 16.4. The van der Waals surface area contributed by atoms with Crippen LogP contribution in [-0.4, -0.2) is 373 Å². The molecule has 0 saturated carbocycles. The third-order valence-electron chi connectivity index (χ3n) is 13.7. The molecule has 55 heteroatoms. The van der Waals surface area contributed by atoms with Gasteiger partial charge in [-0.15, -0.1) is 0 Å². The molecule has 0 radical (unpaired) electrons. The highest BCUT2D eigenvalue weighted by molar-refractivity contribution is 7.82. The van der Waals surface area contributed by atoms with Gasteiger partial charge in [0, 0.05) is 0 Å². The molecule has 0 aliphatic carbocycles. The van der Waals surface area contributed by atoms with Crippen LogP contribution < -0.4 is 0 Å². The Kier molecular flexibility index (Phi) is 26.6. The first-order valence-electron chi connectivity index (χ1n) is 25.1. The molecule has 0 aromatic carbocycles. The Hall–Kier alpha value is -1.78. The summed E-state index contributed by atoms with van der Waals surface area (Å²) in [5.41, 5.74) is 0. The van der Waals surface area contributed by atoms with E-state index in [1.54, 1.807) is 0 Å². The minimum absolute atomic E-state index is 1.18. The van der Waals surface area contributed by atoms with Crippen LogP contribution in [-0.2, 0) is 140 Å². The molecule has 91 heavy (non-hydrogen) atoms. The second-order valence-electron chi connectivity index (χ2n) is 19.8. The second kappa shape index (κ2) is 31.0. The largest absolute Gasteiger partial charge is 0.397 e. The van der Waals surface area contributed by atoms with Gasteiger partial charge in [-0.05, 0) is 0 Å². The van der Waals surface area contributed by atoms with E-state index < -0.39 is 286 Å². The van der Waals surface area contributed by atoms with Crippen LogP contribution in [0.15, 0.2) is 0 Å². The van der Waals surface area contributed by atoms with Gasteiger partial charge in [0.2, 0.25) is 0 Å². The van der Waals surface area contributed by atoms with Crippen molar-refractivity contribution in [2.45, 2.75) is 184 Å². The number of aliphatic hydroxyl groups excluding tert-OH is 14. The highest BCUT2D eigenvalue weighted by atomic mass is 32.3. The Bertz CT molecular complexity index is 3070. The van der Waals surface area contributed by atoms with E-state index in [4.69, 9.17) is 56.7 Å². The van der Waals surface area contributed by atoms with E-state index in [0.29, 0.717) is 0 Å². The summed E-state index contributed by atoms with van der Waals surface area (Å²) in [7, 11) is -34.0. The molecule has 6 aliphatic heterocycles. The predicted octanol–water partition coefficient (Wildman–Crippen LogP) is -15.1. The number of ether oxygens (including phenoxy) is 11. The molecule has 0 spiro atoms. The normalized spacial score (nSPS) is 43.5. The summed E-state index contributed by atoms with van der Waals surface area (Å²) in [5.74, 6) is 0. The summed E-state index contributed by atoms with van der Waals surface area (Å²) in [4.78, 5) is 0. The van der Waals surface area contributed by atoms with Crippen LogP contribution in [0.25, 0.3) is 0 Å². The van der Waals surface area contributed by atoms with Crippen LogP contribution >= 0.6 is 0 Å². The lowest BCUT2D eigenvalue weighted by Crippen LogP contribution is -2.69. The van der Waals surface area contributed by atoms with Gasteiger partial charge in [0.15, 0.2) is 56.1 Å². The maximum Gasteiger partial charge on any atom is 0.397 e. The van der Waals surface area contributed by atoms with E-state index in [9.17, 15) is 145 Å². The lowest BCUT2D eigenvalue weighted by molar-refractivity contribution is -0.393. The summed E-state index contributed by atoms with van der Waals surface area (Å²) < 4.78 is 284. The smallest absolute Gasteiger partial charge is 0.394 e. The summed E-state index contributed by atoms with van der Waals surface area (Å²) in [5, 5.41) is 152. The Morgan fingerprint density at radius 3 is 0.791 bits per heavy atom. The van der Waals surface area contributed by atoms with Gasteiger partial charge in [-0.2, -0.15) is 50.5 Å². The third kappa shape index (κ3) is 20.9.